The van der Waals surface area contributed by atoms with Crippen LogP contribution in [0.15, 0.2) is 0 Å². The SMILES string of the molecule is CCc1nc2c(n1CCCCOC)CCNC2. The molecule has 0 spiro atoms. The minimum absolute atomic E-state index is 0.861. The molecular formula is C13H23N3O. The first kappa shape index (κ1) is 12.6. The van der Waals surface area contributed by atoms with Crippen LogP contribution in [-0.2, 0) is 30.7 Å². The predicted octanol–water partition coefficient (Wildman–Crippen LogP) is 1.52. The van der Waals surface area contributed by atoms with Gasteiger partial charge in [0.2, 0.25) is 0 Å². The highest BCUT2D eigenvalue weighted by Gasteiger charge is 2.18. The average Bonchev–Trinajstić information content (AvgIpc) is 2.73. The number of methoxy groups -OCH3 is 1. The third-order valence-electron chi connectivity index (χ3n) is 3.36. The van der Waals surface area contributed by atoms with Gasteiger partial charge in [0.25, 0.3) is 0 Å². The number of imidazole rings is 1. The smallest absolute Gasteiger partial charge is 0.108 e. The third-order valence-corrected chi connectivity index (χ3v) is 3.36. The first-order valence-electron chi connectivity index (χ1n) is 6.63. The van der Waals surface area contributed by atoms with Gasteiger partial charge in [-0.05, 0) is 12.8 Å². The van der Waals surface area contributed by atoms with Crippen molar-refractivity contribution in [2.24, 2.45) is 0 Å². The molecule has 1 aromatic heterocycles. The maximum absolute atomic E-state index is 5.10. The minimum Gasteiger partial charge on any atom is -0.385 e. The molecule has 1 aliphatic rings. The van der Waals surface area contributed by atoms with Crippen LogP contribution in [0.3, 0.4) is 0 Å². The fourth-order valence-corrected chi connectivity index (χ4v) is 2.48. The van der Waals surface area contributed by atoms with Gasteiger partial charge in [-0.2, -0.15) is 0 Å². The molecular weight excluding hydrogens is 214 g/mol. The molecule has 0 radical (unpaired) electrons. The lowest BCUT2D eigenvalue weighted by molar-refractivity contribution is 0.191. The second-order valence-electron chi connectivity index (χ2n) is 4.55. The van der Waals surface area contributed by atoms with Crippen molar-refractivity contribution < 1.29 is 4.74 Å². The largest absolute Gasteiger partial charge is 0.385 e. The van der Waals surface area contributed by atoms with Gasteiger partial charge < -0.3 is 14.6 Å². The van der Waals surface area contributed by atoms with Gasteiger partial charge in [-0.15, -0.1) is 0 Å². The molecule has 2 heterocycles. The molecule has 0 bridgehead atoms. The minimum atomic E-state index is 0.861. The summed E-state index contributed by atoms with van der Waals surface area (Å²) in [6.07, 6.45) is 4.45. The molecule has 0 aliphatic carbocycles. The zero-order valence-corrected chi connectivity index (χ0v) is 11.0. The van der Waals surface area contributed by atoms with Crippen LogP contribution in [0.5, 0.6) is 0 Å². The summed E-state index contributed by atoms with van der Waals surface area (Å²) < 4.78 is 7.53. The van der Waals surface area contributed by atoms with Crippen LogP contribution in [0.2, 0.25) is 0 Å². The maximum atomic E-state index is 5.10. The van der Waals surface area contributed by atoms with Crippen LogP contribution in [0, 0.1) is 0 Å². The van der Waals surface area contributed by atoms with Crippen LogP contribution in [0.1, 0.15) is 37.0 Å². The molecule has 0 saturated carbocycles. The molecule has 4 heteroatoms. The third kappa shape index (κ3) is 2.87. The van der Waals surface area contributed by atoms with Gasteiger partial charge in [-0.3, -0.25) is 0 Å². The molecule has 1 aromatic rings. The van der Waals surface area contributed by atoms with Crippen LogP contribution in [0.25, 0.3) is 0 Å². The van der Waals surface area contributed by atoms with Crippen LogP contribution >= 0.6 is 0 Å². The number of rotatable bonds is 6. The summed E-state index contributed by atoms with van der Waals surface area (Å²) in [5.74, 6) is 1.25. The first-order chi connectivity index (χ1) is 8.36. The summed E-state index contributed by atoms with van der Waals surface area (Å²) in [4.78, 5) is 4.74. The normalized spacial score (nSPS) is 14.9. The summed E-state index contributed by atoms with van der Waals surface area (Å²) in [5, 5.41) is 3.39. The van der Waals surface area contributed by atoms with E-state index in [9.17, 15) is 0 Å². The van der Waals surface area contributed by atoms with E-state index in [1.165, 1.54) is 23.6 Å². The molecule has 0 fully saturated rings. The highest BCUT2D eigenvalue weighted by Crippen LogP contribution is 2.17. The Morgan fingerprint density at radius 1 is 1.41 bits per heavy atom. The number of hydrogen-bond acceptors (Lipinski definition) is 3. The van der Waals surface area contributed by atoms with Gasteiger partial charge in [-0.25, -0.2) is 4.98 Å². The number of nitrogens with zero attached hydrogens (tertiary/aromatic N) is 2. The van der Waals surface area contributed by atoms with Crippen molar-refractivity contribution in [3.8, 4) is 0 Å². The zero-order valence-electron chi connectivity index (χ0n) is 11.0. The lowest BCUT2D eigenvalue weighted by atomic mass is 10.2. The van der Waals surface area contributed by atoms with Crippen molar-refractivity contribution in [2.75, 3.05) is 20.3 Å². The standard InChI is InChI=1S/C13H23N3O/c1-3-13-15-11-10-14-7-6-12(11)16(13)8-4-5-9-17-2/h14H,3-10H2,1-2H3. The van der Waals surface area contributed by atoms with E-state index in [1.54, 1.807) is 7.11 Å². The summed E-state index contributed by atoms with van der Waals surface area (Å²) in [6.45, 7) is 6.16. The fourth-order valence-electron chi connectivity index (χ4n) is 2.48. The number of nitrogens with one attached hydrogen (secondary N) is 1. The Bertz CT molecular complexity index is 360. The fraction of sp³-hybridized carbons (Fsp3) is 0.769. The number of unbranched alkanes of at least 4 members (excludes halogenated alkanes) is 1. The number of hydrogen-bond donors (Lipinski definition) is 1. The van der Waals surface area contributed by atoms with Gasteiger partial charge >= 0.3 is 0 Å². The Balaban J connectivity index is 2.05. The van der Waals surface area contributed by atoms with Gasteiger partial charge in [-0.1, -0.05) is 6.92 Å². The number of aromatic nitrogens is 2. The Morgan fingerprint density at radius 2 is 2.29 bits per heavy atom. The van der Waals surface area contributed by atoms with E-state index in [0.29, 0.717) is 0 Å². The highest BCUT2D eigenvalue weighted by molar-refractivity contribution is 5.20. The molecule has 4 nitrogen and oxygen atoms in total. The van der Waals surface area contributed by atoms with Gasteiger partial charge in [0.15, 0.2) is 0 Å². The summed E-state index contributed by atoms with van der Waals surface area (Å²) in [7, 11) is 1.77. The number of fused-ring (bicyclic) bond motifs is 1. The number of aryl methyl sites for hydroxylation is 1. The summed E-state index contributed by atoms with van der Waals surface area (Å²) in [6, 6.07) is 0. The van der Waals surface area contributed by atoms with Gasteiger partial charge in [0.05, 0.1) is 5.69 Å². The lowest BCUT2D eigenvalue weighted by Gasteiger charge is -2.16. The van der Waals surface area contributed by atoms with E-state index in [4.69, 9.17) is 9.72 Å². The van der Waals surface area contributed by atoms with Gasteiger partial charge in [0, 0.05) is 51.9 Å². The van der Waals surface area contributed by atoms with Crippen molar-refractivity contribution in [3.05, 3.63) is 17.2 Å². The number of ether oxygens (including phenoxy) is 1. The second kappa shape index (κ2) is 6.17. The summed E-state index contributed by atoms with van der Waals surface area (Å²) in [5.41, 5.74) is 2.72. The van der Waals surface area contributed by atoms with Crippen molar-refractivity contribution in [1.29, 1.82) is 0 Å². The van der Waals surface area contributed by atoms with Gasteiger partial charge in [0.1, 0.15) is 5.82 Å². The average molecular weight is 237 g/mol. The quantitative estimate of drug-likeness (QED) is 0.762. The Kier molecular flexibility index (Phi) is 4.57. The van der Waals surface area contributed by atoms with E-state index in [2.05, 4.69) is 16.8 Å². The first-order valence-corrected chi connectivity index (χ1v) is 6.63. The lowest BCUT2D eigenvalue weighted by Crippen LogP contribution is -2.25. The summed E-state index contributed by atoms with van der Waals surface area (Å²) >= 11 is 0. The Hall–Kier alpha value is -0.870. The topological polar surface area (TPSA) is 39.1 Å². The van der Waals surface area contributed by atoms with E-state index < -0.39 is 0 Å². The molecule has 96 valence electrons. The predicted molar refractivity (Wildman–Crippen MR) is 68.1 cm³/mol. The van der Waals surface area contributed by atoms with Crippen molar-refractivity contribution in [1.82, 2.24) is 14.9 Å². The Morgan fingerprint density at radius 3 is 3.06 bits per heavy atom. The molecule has 17 heavy (non-hydrogen) atoms. The maximum Gasteiger partial charge on any atom is 0.108 e. The van der Waals surface area contributed by atoms with Crippen molar-refractivity contribution in [2.45, 2.75) is 45.7 Å². The molecule has 0 saturated heterocycles. The molecule has 0 amide bonds. The Labute approximate surface area is 103 Å². The van der Waals surface area contributed by atoms with Crippen LogP contribution < -0.4 is 5.32 Å². The zero-order chi connectivity index (χ0) is 12.1. The molecule has 2 rings (SSSR count). The van der Waals surface area contributed by atoms with Crippen LogP contribution in [-0.4, -0.2) is 29.8 Å². The van der Waals surface area contributed by atoms with E-state index in [-0.39, 0.29) is 0 Å². The van der Waals surface area contributed by atoms with Crippen molar-refractivity contribution >= 4 is 0 Å². The molecule has 0 unspecified atom stereocenters. The van der Waals surface area contributed by atoms with Crippen LogP contribution in [0.4, 0.5) is 0 Å². The molecule has 0 atom stereocenters. The molecule has 0 aromatic carbocycles. The molecule has 1 aliphatic heterocycles. The van der Waals surface area contributed by atoms with E-state index in [0.717, 1.165) is 45.5 Å². The second-order valence-corrected chi connectivity index (χ2v) is 4.55. The van der Waals surface area contributed by atoms with E-state index >= 15 is 0 Å². The molecule has 1 N–H and O–H groups in total. The highest BCUT2D eigenvalue weighted by atomic mass is 16.5. The van der Waals surface area contributed by atoms with Crippen molar-refractivity contribution in [3.63, 3.8) is 0 Å². The monoisotopic (exact) mass is 237 g/mol. The van der Waals surface area contributed by atoms with E-state index in [1.807, 2.05) is 0 Å².